The lowest BCUT2D eigenvalue weighted by atomic mass is 10.1. The molecule has 0 radical (unpaired) electrons. The van der Waals surface area contributed by atoms with E-state index in [1.165, 1.54) is 24.5 Å². The van der Waals surface area contributed by atoms with Crippen LogP contribution in [0.25, 0.3) is 17.0 Å². The number of carbonyl (C=O) groups is 2. The summed E-state index contributed by atoms with van der Waals surface area (Å²) in [5.41, 5.74) is 1.47. The Balaban J connectivity index is 1.61. The quantitative estimate of drug-likeness (QED) is 0.642. The van der Waals surface area contributed by atoms with Crippen LogP contribution in [0.2, 0.25) is 0 Å². The number of hydrogen-bond donors (Lipinski definition) is 3. The molecule has 1 aromatic carbocycles. The molecule has 1 fully saturated rings. The van der Waals surface area contributed by atoms with Gasteiger partial charge in [-0.05, 0) is 31.0 Å². The largest absolute Gasteiger partial charge is 0.465 e. The van der Waals surface area contributed by atoms with Crippen LogP contribution in [0, 0.1) is 5.82 Å². The van der Waals surface area contributed by atoms with E-state index in [-0.39, 0.29) is 11.7 Å². The number of aromatic nitrogens is 3. The topological polar surface area (TPSA) is 112 Å². The summed E-state index contributed by atoms with van der Waals surface area (Å²) < 4.78 is 15.7. The number of carboxylic acid groups (broad SMARTS) is 1. The first-order chi connectivity index (χ1) is 13.5. The number of nitrogens with one attached hydrogen (secondary N) is 2. The molecule has 0 aliphatic carbocycles. The minimum absolute atomic E-state index is 0.0765. The van der Waals surface area contributed by atoms with Gasteiger partial charge >= 0.3 is 12.1 Å². The second kappa shape index (κ2) is 7.14. The zero-order chi connectivity index (χ0) is 19.7. The van der Waals surface area contributed by atoms with Gasteiger partial charge in [0.2, 0.25) is 5.78 Å². The van der Waals surface area contributed by atoms with E-state index in [0.29, 0.717) is 35.8 Å². The van der Waals surface area contributed by atoms with Crippen LogP contribution in [-0.2, 0) is 0 Å². The van der Waals surface area contributed by atoms with Crippen molar-refractivity contribution in [3.05, 3.63) is 42.6 Å². The molecule has 28 heavy (non-hydrogen) atoms. The molecule has 3 heterocycles. The van der Waals surface area contributed by atoms with E-state index in [0.717, 1.165) is 12.8 Å². The summed E-state index contributed by atoms with van der Waals surface area (Å²) in [4.78, 5) is 33.1. The van der Waals surface area contributed by atoms with Crippen molar-refractivity contribution in [3.8, 4) is 11.3 Å². The Morgan fingerprint density at radius 1 is 1.14 bits per heavy atom. The molecule has 3 aromatic rings. The highest BCUT2D eigenvalue weighted by atomic mass is 19.1. The number of urea groups is 1. The first-order valence-corrected chi connectivity index (χ1v) is 8.70. The summed E-state index contributed by atoms with van der Waals surface area (Å²) in [5, 5.41) is 13.6. The molecular weight excluding hydrogens is 367 g/mol. The van der Waals surface area contributed by atoms with Crippen LogP contribution in [0.5, 0.6) is 0 Å². The lowest BCUT2D eigenvalue weighted by Crippen LogP contribution is -2.32. The first-order valence-electron chi connectivity index (χ1n) is 8.70. The van der Waals surface area contributed by atoms with Gasteiger partial charge in [-0.1, -0.05) is 0 Å². The minimum atomic E-state index is -1.20. The number of benzene rings is 1. The number of amides is 3. The SMILES string of the molecule is O=C(O)Nc1cnc2nc(-c3ccc(F)c(NC(=O)N4CCCC4)c3)cn2c1. The van der Waals surface area contributed by atoms with Gasteiger partial charge in [0.1, 0.15) is 5.82 Å². The highest BCUT2D eigenvalue weighted by molar-refractivity contribution is 5.90. The van der Waals surface area contributed by atoms with Crippen LogP contribution in [0.3, 0.4) is 0 Å². The Morgan fingerprint density at radius 2 is 1.93 bits per heavy atom. The molecular formula is C18H17FN6O3. The van der Waals surface area contributed by atoms with Crippen molar-refractivity contribution in [2.75, 3.05) is 23.7 Å². The smallest absolute Gasteiger partial charge is 0.409 e. The number of likely N-dealkylation sites (tertiary alicyclic amines) is 1. The van der Waals surface area contributed by atoms with Crippen molar-refractivity contribution < 1.29 is 19.1 Å². The van der Waals surface area contributed by atoms with Crippen molar-refractivity contribution in [2.24, 2.45) is 0 Å². The molecule has 0 unspecified atom stereocenters. The highest BCUT2D eigenvalue weighted by Gasteiger charge is 2.19. The molecule has 2 aromatic heterocycles. The number of fused-ring (bicyclic) bond motifs is 1. The molecule has 0 spiro atoms. The van der Waals surface area contributed by atoms with Gasteiger partial charge in [-0.3, -0.25) is 9.72 Å². The van der Waals surface area contributed by atoms with Crippen molar-refractivity contribution in [3.63, 3.8) is 0 Å². The molecule has 3 N–H and O–H groups in total. The monoisotopic (exact) mass is 384 g/mol. The van der Waals surface area contributed by atoms with Crippen molar-refractivity contribution in [1.82, 2.24) is 19.3 Å². The highest BCUT2D eigenvalue weighted by Crippen LogP contribution is 2.25. The Morgan fingerprint density at radius 3 is 2.68 bits per heavy atom. The second-order valence-electron chi connectivity index (χ2n) is 6.43. The molecule has 1 saturated heterocycles. The van der Waals surface area contributed by atoms with Crippen LogP contribution in [0.1, 0.15) is 12.8 Å². The van der Waals surface area contributed by atoms with Crippen LogP contribution in [0.15, 0.2) is 36.8 Å². The predicted molar refractivity (Wildman–Crippen MR) is 99.9 cm³/mol. The third-order valence-electron chi connectivity index (χ3n) is 4.46. The lowest BCUT2D eigenvalue weighted by Gasteiger charge is -2.16. The molecule has 0 atom stereocenters. The first kappa shape index (κ1) is 17.7. The summed E-state index contributed by atoms with van der Waals surface area (Å²) in [6.07, 6.45) is 5.23. The molecule has 10 heteroatoms. The zero-order valence-electron chi connectivity index (χ0n) is 14.7. The van der Waals surface area contributed by atoms with Crippen LogP contribution >= 0.6 is 0 Å². The molecule has 0 saturated carbocycles. The summed E-state index contributed by atoms with van der Waals surface area (Å²) in [5.74, 6) is -0.177. The Labute approximate surface area is 158 Å². The molecule has 1 aliphatic rings. The minimum Gasteiger partial charge on any atom is -0.465 e. The van der Waals surface area contributed by atoms with Gasteiger partial charge in [-0.25, -0.2) is 23.9 Å². The molecule has 144 valence electrons. The van der Waals surface area contributed by atoms with E-state index < -0.39 is 11.9 Å². The zero-order valence-corrected chi connectivity index (χ0v) is 14.7. The van der Waals surface area contributed by atoms with Gasteiger partial charge in [-0.2, -0.15) is 0 Å². The fourth-order valence-corrected chi connectivity index (χ4v) is 3.11. The van der Waals surface area contributed by atoms with E-state index in [1.54, 1.807) is 21.6 Å². The maximum atomic E-state index is 14.2. The van der Waals surface area contributed by atoms with Crippen LogP contribution in [0.4, 0.5) is 25.4 Å². The number of nitrogens with zero attached hydrogens (tertiary/aromatic N) is 4. The van der Waals surface area contributed by atoms with Crippen molar-refractivity contribution in [1.29, 1.82) is 0 Å². The number of carbonyl (C=O) groups excluding carboxylic acids is 1. The third kappa shape index (κ3) is 3.56. The lowest BCUT2D eigenvalue weighted by molar-refractivity contribution is 0.209. The Kier molecular flexibility index (Phi) is 4.52. The Bertz CT molecular complexity index is 1060. The van der Waals surface area contributed by atoms with E-state index in [4.69, 9.17) is 5.11 Å². The van der Waals surface area contributed by atoms with Gasteiger partial charge in [-0.15, -0.1) is 0 Å². The van der Waals surface area contributed by atoms with Gasteiger partial charge in [0, 0.05) is 31.0 Å². The fourth-order valence-electron chi connectivity index (χ4n) is 3.11. The van der Waals surface area contributed by atoms with Gasteiger partial charge in [0.25, 0.3) is 0 Å². The van der Waals surface area contributed by atoms with E-state index in [1.807, 2.05) is 0 Å². The van der Waals surface area contributed by atoms with Crippen molar-refractivity contribution >= 4 is 29.3 Å². The number of halogens is 1. The summed E-state index contributed by atoms with van der Waals surface area (Å²) in [7, 11) is 0. The second-order valence-corrected chi connectivity index (χ2v) is 6.43. The maximum Gasteiger partial charge on any atom is 0.409 e. The van der Waals surface area contributed by atoms with Gasteiger partial charge < -0.3 is 15.3 Å². The van der Waals surface area contributed by atoms with Gasteiger partial charge in [0.15, 0.2) is 0 Å². The maximum absolute atomic E-state index is 14.2. The Hall–Kier alpha value is -3.69. The van der Waals surface area contributed by atoms with E-state index in [9.17, 15) is 14.0 Å². The molecule has 3 amide bonds. The summed E-state index contributed by atoms with van der Waals surface area (Å²) in [6.45, 7) is 1.33. The third-order valence-corrected chi connectivity index (χ3v) is 4.46. The van der Waals surface area contributed by atoms with Crippen LogP contribution < -0.4 is 10.6 Å². The number of hydrogen-bond acceptors (Lipinski definition) is 4. The van der Waals surface area contributed by atoms with E-state index in [2.05, 4.69) is 20.6 Å². The fraction of sp³-hybridized carbons (Fsp3) is 0.222. The average Bonchev–Trinajstić information content (AvgIpc) is 3.32. The molecule has 4 rings (SSSR count). The standard InChI is InChI=1S/C18H17FN6O3/c19-13-4-3-11(7-14(13)23-17(26)24-5-1-2-6-24)15-10-25-9-12(21-18(27)28)8-20-16(25)22-15/h3-4,7-10,21H,1-2,5-6H2,(H,23,26)(H,27,28). The number of anilines is 2. The summed E-state index contributed by atoms with van der Waals surface area (Å²) >= 11 is 0. The van der Waals surface area contributed by atoms with E-state index >= 15 is 0 Å². The van der Waals surface area contributed by atoms with Gasteiger partial charge in [0.05, 0.1) is 23.3 Å². The number of imidazole rings is 1. The molecule has 1 aliphatic heterocycles. The normalized spacial score (nSPS) is 13.7. The van der Waals surface area contributed by atoms with Crippen LogP contribution in [-0.4, -0.2) is 49.6 Å². The average molecular weight is 384 g/mol. The molecule has 0 bridgehead atoms. The molecule has 9 nitrogen and oxygen atoms in total. The predicted octanol–water partition coefficient (Wildman–Crippen LogP) is 3.25. The van der Waals surface area contributed by atoms with Crippen molar-refractivity contribution in [2.45, 2.75) is 12.8 Å². The number of rotatable bonds is 3. The summed E-state index contributed by atoms with van der Waals surface area (Å²) in [6, 6.07) is 4.01.